The minimum absolute atomic E-state index is 0.232. The lowest BCUT2D eigenvalue weighted by Gasteiger charge is -2.43. The Balaban J connectivity index is 1.74. The summed E-state index contributed by atoms with van der Waals surface area (Å²) in [5.74, 6) is 0.870. The van der Waals surface area contributed by atoms with E-state index in [1.54, 1.807) is 4.90 Å². The summed E-state index contributed by atoms with van der Waals surface area (Å²) in [6.07, 6.45) is 4.85. The van der Waals surface area contributed by atoms with Crippen LogP contribution in [-0.2, 0) is 4.74 Å². The van der Waals surface area contributed by atoms with Crippen molar-refractivity contribution in [2.75, 3.05) is 20.1 Å². The van der Waals surface area contributed by atoms with E-state index in [2.05, 4.69) is 26.1 Å². The molecular weight excluding hydrogens is 288 g/mol. The lowest BCUT2D eigenvalue weighted by molar-refractivity contribution is 0.0294. The molecule has 2 aliphatic carbocycles. The predicted octanol–water partition coefficient (Wildman–Crippen LogP) is 4.05. The number of nitrogens with one attached hydrogen (secondary N) is 1. The fourth-order valence-electron chi connectivity index (χ4n) is 4.81. The minimum Gasteiger partial charge on any atom is -0.444 e. The lowest BCUT2D eigenvalue weighted by Crippen LogP contribution is -2.50. The van der Waals surface area contributed by atoms with Crippen molar-refractivity contribution in [3.63, 3.8) is 0 Å². The van der Waals surface area contributed by atoms with Crippen LogP contribution in [0.5, 0.6) is 0 Å². The van der Waals surface area contributed by atoms with Gasteiger partial charge in [-0.25, -0.2) is 4.79 Å². The van der Waals surface area contributed by atoms with Crippen LogP contribution in [0.1, 0.15) is 67.2 Å². The Hall–Kier alpha value is -0.770. The average molecular weight is 325 g/mol. The minimum atomic E-state index is -0.425. The second-order valence-corrected chi connectivity index (χ2v) is 9.56. The van der Waals surface area contributed by atoms with Gasteiger partial charge < -0.3 is 15.0 Å². The van der Waals surface area contributed by atoms with Crippen LogP contribution in [0.25, 0.3) is 0 Å². The van der Waals surface area contributed by atoms with E-state index < -0.39 is 5.60 Å². The molecule has 1 N–H and O–H groups in total. The molecule has 0 aromatic rings. The van der Waals surface area contributed by atoms with Crippen LogP contribution in [-0.4, -0.2) is 42.8 Å². The number of hydrogen-bond acceptors (Lipinski definition) is 3. The van der Waals surface area contributed by atoms with E-state index in [4.69, 9.17) is 4.74 Å². The molecule has 0 aliphatic heterocycles. The Morgan fingerprint density at radius 3 is 2.48 bits per heavy atom. The molecule has 2 rings (SSSR count). The Bertz CT molecular complexity index is 436. The van der Waals surface area contributed by atoms with Crippen LogP contribution in [0.15, 0.2) is 0 Å². The van der Waals surface area contributed by atoms with Gasteiger partial charge in [-0.15, -0.1) is 0 Å². The van der Waals surface area contributed by atoms with Gasteiger partial charge in [-0.1, -0.05) is 20.8 Å². The molecule has 0 spiro atoms. The molecule has 23 heavy (non-hydrogen) atoms. The summed E-state index contributed by atoms with van der Waals surface area (Å²) in [6, 6.07) is 0.598. The third-order valence-electron chi connectivity index (χ3n) is 5.99. The highest BCUT2D eigenvalue weighted by molar-refractivity contribution is 5.67. The number of hydrogen-bond donors (Lipinski definition) is 1. The van der Waals surface area contributed by atoms with E-state index in [0.29, 0.717) is 16.9 Å². The summed E-state index contributed by atoms with van der Waals surface area (Å²) in [5, 5.41) is 3.81. The van der Waals surface area contributed by atoms with Crippen molar-refractivity contribution >= 4 is 6.09 Å². The van der Waals surface area contributed by atoms with Crippen LogP contribution in [0, 0.1) is 16.7 Å². The molecule has 4 nitrogen and oxygen atoms in total. The van der Waals surface area contributed by atoms with Crippen LogP contribution in [0.4, 0.5) is 4.79 Å². The molecule has 1 unspecified atom stereocenters. The van der Waals surface area contributed by atoms with Gasteiger partial charge in [0.15, 0.2) is 0 Å². The van der Waals surface area contributed by atoms with E-state index in [1.165, 1.54) is 19.3 Å². The molecule has 2 saturated carbocycles. The van der Waals surface area contributed by atoms with Gasteiger partial charge in [-0.05, 0) is 69.7 Å². The summed E-state index contributed by atoms with van der Waals surface area (Å²) in [5.41, 5.74) is 0.431. The number of rotatable bonds is 5. The number of carbonyl (C=O) groups is 1. The molecule has 0 aromatic heterocycles. The van der Waals surface area contributed by atoms with Gasteiger partial charge in [0.25, 0.3) is 0 Å². The van der Waals surface area contributed by atoms with Crippen molar-refractivity contribution in [2.24, 2.45) is 16.7 Å². The van der Waals surface area contributed by atoms with E-state index >= 15 is 0 Å². The maximum absolute atomic E-state index is 12.0. The van der Waals surface area contributed by atoms with Crippen molar-refractivity contribution < 1.29 is 9.53 Å². The van der Waals surface area contributed by atoms with E-state index in [1.807, 2.05) is 27.8 Å². The molecule has 2 fully saturated rings. The predicted molar refractivity (Wildman–Crippen MR) is 94.5 cm³/mol. The number of carbonyl (C=O) groups excluding carboxylic acids is 1. The van der Waals surface area contributed by atoms with Gasteiger partial charge in [0.1, 0.15) is 5.60 Å². The Kier molecular flexibility index (Phi) is 5.06. The maximum Gasteiger partial charge on any atom is 0.410 e. The van der Waals surface area contributed by atoms with Gasteiger partial charge >= 0.3 is 6.09 Å². The fourth-order valence-corrected chi connectivity index (χ4v) is 4.81. The third kappa shape index (κ3) is 4.01. The van der Waals surface area contributed by atoms with E-state index in [0.717, 1.165) is 25.4 Å². The molecule has 0 heterocycles. The lowest BCUT2D eigenvalue weighted by atomic mass is 9.68. The molecule has 0 radical (unpaired) electrons. The largest absolute Gasteiger partial charge is 0.444 e. The molecular formula is C19H36N2O2. The van der Waals surface area contributed by atoms with Crippen molar-refractivity contribution in [2.45, 2.75) is 78.9 Å². The van der Waals surface area contributed by atoms with Crippen LogP contribution < -0.4 is 5.32 Å². The quantitative estimate of drug-likeness (QED) is 0.776. The summed E-state index contributed by atoms with van der Waals surface area (Å²) in [7, 11) is 1.82. The van der Waals surface area contributed by atoms with Crippen molar-refractivity contribution in [1.82, 2.24) is 10.2 Å². The van der Waals surface area contributed by atoms with Crippen molar-refractivity contribution in [3.8, 4) is 0 Å². The normalized spacial score (nSPS) is 32.1. The Labute approximate surface area is 142 Å². The van der Waals surface area contributed by atoms with E-state index in [-0.39, 0.29) is 6.09 Å². The van der Waals surface area contributed by atoms with E-state index in [9.17, 15) is 4.79 Å². The number of amides is 1. The van der Waals surface area contributed by atoms with Crippen LogP contribution in [0.3, 0.4) is 0 Å². The topological polar surface area (TPSA) is 41.6 Å². The monoisotopic (exact) mass is 324 g/mol. The van der Waals surface area contributed by atoms with Crippen molar-refractivity contribution in [1.29, 1.82) is 0 Å². The Morgan fingerprint density at radius 2 is 1.96 bits per heavy atom. The summed E-state index contributed by atoms with van der Waals surface area (Å²) in [6.45, 7) is 14.7. The van der Waals surface area contributed by atoms with Gasteiger partial charge in [0.05, 0.1) is 0 Å². The first-order valence-electron chi connectivity index (χ1n) is 9.13. The first-order chi connectivity index (χ1) is 10.5. The van der Waals surface area contributed by atoms with Gasteiger partial charge in [-0.2, -0.15) is 0 Å². The third-order valence-corrected chi connectivity index (χ3v) is 5.99. The first kappa shape index (κ1) is 18.6. The van der Waals surface area contributed by atoms with Crippen molar-refractivity contribution in [3.05, 3.63) is 0 Å². The summed E-state index contributed by atoms with van der Waals surface area (Å²) >= 11 is 0. The molecule has 4 heteroatoms. The maximum atomic E-state index is 12.0. The standard InChI is InChI=1S/C19H36N2O2/c1-17(2,3)23-16(22)21(7)12-8-11-20-15-18(4,5)14-9-10-19(15,6)13-14/h14-15,20H,8-13H2,1-7H3/t14-,15?,19+/m0/s1. The molecule has 2 bridgehead atoms. The van der Waals surface area contributed by atoms with Crippen LogP contribution in [0.2, 0.25) is 0 Å². The highest BCUT2D eigenvalue weighted by Crippen LogP contribution is 2.62. The smallest absolute Gasteiger partial charge is 0.410 e. The molecule has 1 amide bonds. The summed E-state index contributed by atoms with van der Waals surface area (Å²) < 4.78 is 5.39. The fraction of sp³-hybridized carbons (Fsp3) is 0.947. The summed E-state index contributed by atoms with van der Waals surface area (Å²) in [4.78, 5) is 13.6. The number of nitrogens with zero attached hydrogens (tertiary/aromatic N) is 1. The zero-order valence-electron chi connectivity index (χ0n) is 16.2. The average Bonchev–Trinajstić information content (AvgIpc) is 2.86. The molecule has 0 saturated heterocycles. The highest BCUT2D eigenvalue weighted by Gasteiger charge is 2.58. The second-order valence-electron chi connectivity index (χ2n) is 9.56. The molecule has 3 atom stereocenters. The zero-order valence-corrected chi connectivity index (χ0v) is 16.2. The molecule has 134 valence electrons. The Morgan fingerprint density at radius 1 is 1.30 bits per heavy atom. The molecule has 2 aliphatic rings. The van der Waals surface area contributed by atoms with Gasteiger partial charge in [0, 0.05) is 19.6 Å². The van der Waals surface area contributed by atoms with Gasteiger partial charge in [0.2, 0.25) is 0 Å². The first-order valence-corrected chi connectivity index (χ1v) is 9.13. The SMILES string of the molecule is CN(CCCNC1C(C)(C)[C@H]2CC[C@]1(C)C2)C(=O)OC(C)(C)C. The van der Waals surface area contributed by atoms with Gasteiger partial charge in [-0.3, -0.25) is 0 Å². The second kappa shape index (κ2) is 6.27. The number of fused-ring (bicyclic) bond motifs is 2. The highest BCUT2D eigenvalue weighted by atomic mass is 16.6. The number of ether oxygens (including phenoxy) is 1. The zero-order chi connectivity index (χ0) is 17.5. The van der Waals surface area contributed by atoms with Crippen LogP contribution >= 0.6 is 0 Å². The molecule has 0 aromatic carbocycles.